The number of carbonyl (C=O) groups excluding carboxylic acids is 1. The van der Waals surface area contributed by atoms with Crippen LogP contribution in [0.3, 0.4) is 0 Å². The predicted molar refractivity (Wildman–Crippen MR) is 214 cm³/mol. The molecule has 15 atom stereocenters. The average molecular weight is 919 g/mol. The molecule has 7 rings (SSSR count). The fourth-order valence-electron chi connectivity index (χ4n) is 7.23. The Labute approximate surface area is 365 Å². The number of hydrogen-bond acceptors (Lipinski definition) is 23. The number of carbonyl (C=O) groups is 1. The first-order valence-electron chi connectivity index (χ1n) is 19.9. The zero-order chi connectivity index (χ0) is 46.9. The molecule has 23 nitrogen and oxygen atoms in total. The van der Waals surface area contributed by atoms with E-state index >= 15 is 0 Å². The van der Waals surface area contributed by atoms with E-state index in [4.69, 9.17) is 37.6 Å². The molecule has 0 unspecified atom stereocenters. The largest absolute Gasteiger partial charge is 0.508 e. The molecule has 0 aliphatic carbocycles. The van der Waals surface area contributed by atoms with Crippen LogP contribution in [-0.4, -0.2) is 184 Å². The normalized spacial score (nSPS) is 32.9. The van der Waals surface area contributed by atoms with Crippen molar-refractivity contribution in [3.8, 4) is 40.1 Å². The van der Waals surface area contributed by atoms with Gasteiger partial charge in [-0.3, -0.25) is 4.79 Å². The van der Waals surface area contributed by atoms with Crippen molar-refractivity contribution in [3.05, 3.63) is 82.5 Å². The third-order valence-electron chi connectivity index (χ3n) is 10.8. The minimum atomic E-state index is -2.07. The maximum Gasteiger partial charge on any atom is 0.331 e. The third-order valence-corrected chi connectivity index (χ3v) is 10.8. The number of fused-ring (bicyclic) bond motifs is 1. The van der Waals surface area contributed by atoms with Gasteiger partial charge in [-0.05, 0) is 48.0 Å². The van der Waals surface area contributed by atoms with E-state index < -0.39 is 152 Å². The Balaban J connectivity index is 1.24. The fourth-order valence-corrected chi connectivity index (χ4v) is 7.23. The van der Waals surface area contributed by atoms with Crippen molar-refractivity contribution in [3.63, 3.8) is 0 Å². The highest BCUT2D eigenvalue weighted by Crippen LogP contribution is 2.39. The highest BCUT2D eigenvalue weighted by Gasteiger charge is 2.49. The van der Waals surface area contributed by atoms with Crippen molar-refractivity contribution in [1.29, 1.82) is 0 Å². The lowest BCUT2D eigenvalue weighted by molar-refractivity contribution is -0.280. The van der Waals surface area contributed by atoms with Crippen LogP contribution in [0.5, 0.6) is 28.7 Å². The summed E-state index contributed by atoms with van der Waals surface area (Å²) in [6.45, 7) is -2.41. The predicted octanol–water partition coefficient (Wildman–Crippen LogP) is -3.33. The van der Waals surface area contributed by atoms with E-state index in [0.29, 0.717) is 5.56 Å². The lowest BCUT2D eigenvalue weighted by Crippen LogP contribution is -2.61. The van der Waals surface area contributed by atoms with Crippen molar-refractivity contribution in [2.75, 3.05) is 19.8 Å². The first-order valence-corrected chi connectivity index (χ1v) is 19.9. The number of phenolic OH excluding ortho intramolecular Hbond substituents is 2. The van der Waals surface area contributed by atoms with Crippen LogP contribution in [-0.2, 0) is 23.7 Å². The number of rotatable bonds is 13. The van der Waals surface area contributed by atoms with Crippen LogP contribution < -0.4 is 19.6 Å². The third kappa shape index (κ3) is 9.89. The molecular formula is C42H46O23. The second-order valence-electron chi connectivity index (χ2n) is 15.2. The van der Waals surface area contributed by atoms with Gasteiger partial charge in [0.2, 0.25) is 30.0 Å². The minimum Gasteiger partial charge on any atom is -0.508 e. The standard InChI is InChI=1S/C42H46O23/c43-13-23-28(49)32(53)34(55)40(61-23)58-19-8-4-17(5-9-19)37-39(31(52)27-21(47)11-20(12-22(27)60-37)59-41-35(56)33(54)29(50)24(14-44)62-41)65-42-36(57)38(30(51)25(15-45)63-42)64-26(48)10-3-16-1-6-18(46)7-2-16/h1-12,23-25,28-30,32-36,38,40-47,49-51,53-57H,13-15H2/b10-3+/t23-,24-,25-,28-,29-,30-,32+,33+,34-,35-,36-,38+,40-,41-,42+/m1/s1. The lowest BCUT2D eigenvalue weighted by atomic mass is 9.99. The molecule has 3 aromatic carbocycles. The lowest BCUT2D eigenvalue weighted by Gasteiger charge is -2.41. The smallest absolute Gasteiger partial charge is 0.331 e. The van der Waals surface area contributed by atoms with Gasteiger partial charge >= 0.3 is 5.97 Å². The fraction of sp³-hybridized carbons (Fsp3) is 0.429. The summed E-state index contributed by atoms with van der Waals surface area (Å²) in [5, 5.41) is 134. The molecule has 3 fully saturated rings. The number of phenols is 2. The van der Waals surface area contributed by atoms with Crippen molar-refractivity contribution in [2.45, 2.75) is 92.1 Å². The van der Waals surface area contributed by atoms with E-state index in [1.165, 1.54) is 54.6 Å². The maximum atomic E-state index is 14.4. The van der Waals surface area contributed by atoms with Crippen LogP contribution >= 0.6 is 0 Å². The number of hydrogen-bond donors (Lipinski definition) is 13. The minimum absolute atomic E-state index is 0.00582. The number of benzene rings is 3. The summed E-state index contributed by atoms with van der Waals surface area (Å²) in [6.07, 6.45) is -23.6. The molecular weight excluding hydrogens is 872 g/mol. The molecule has 23 heteroatoms. The van der Waals surface area contributed by atoms with E-state index in [2.05, 4.69) is 0 Å². The highest BCUT2D eigenvalue weighted by atomic mass is 16.7. The summed E-state index contributed by atoms with van der Waals surface area (Å²) in [5.74, 6) is -3.45. The second kappa shape index (κ2) is 19.9. The van der Waals surface area contributed by atoms with Gasteiger partial charge in [0.05, 0.1) is 19.8 Å². The van der Waals surface area contributed by atoms with E-state index in [9.17, 15) is 76.0 Å². The van der Waals surface area contributed by atoms with E-state index in [0.717, 1.165) is 18.2 Å². The van der Waals surface area contributed by atoms with Crippen molar-refractivity contribution >= 4 is 23.0 Å². The van der Waals surface area contributed by atoms with Crippen molar-refractivity contribution in [1.82, 2.24) is 0 Å². The molecule has 352 valence electrons. The maximum absolute atomic E-state index is 14.4. The van der Waals surface area contributed by atoms with Gasteiger partial charge in [-0.2, -0.15) is 0 Å². The molecule has 1 aromatic heterocycles. The van der Waals surface area contributed by atoms with Crippen LogP contribution in [0.1, 0.15) is 5.56 Å². The van der Waals surface area contributed by atoms with Crippen LogP contribution in [0, 0.1) is 0 Å². The Morgan fingerprint density at radius 1 is 0.600 bits per heavy atom. The molecule has 0 spiro atoms. The summed E-state index contributed by atoms with van der Waals surface area (Å²) < 4.78 is 45.2. The molecule has 3 saturated heterocycles. The number of aromatic hydroxyl groups is 2. The van der Waals surface area contributed by atoms with Gasteiger partial charge in [-0.1, -0.05) is 12.1 Å². The summed E-state index contributed by atoms with van der Waals surface area (Å²) in [7, 11) is 0. The molecule has 3 aliphatic heterocycles. The molecule has 3 aliphatic rings. The Morgan fingerprint density at radius 3 is 1.68 bits per heavy atom. The molecule has 13 N–H and O–H groups in total. The SMILES string of the molecule is O=C(/C=C/c1ccc(O)cc1)O[C@@H]1[C@@H](O)[C@H](Oc2c(-c3ccc(O[C@@H]4O[C@H](CO)[C@@H](O)[C@H](O)[C@H]4O)cc3)oc3cc(O[C@@H]4O[C@H](CO)[C@@H](O)[C@H](O)[C@H]4O)cc(O)c3c2=O)O[C@H](CO)[C@H]1O. The molecule has 65 heavy (non-hydrogen) atoms. The Morgan fingerprint density at radius 2 is 1.12 bits per heavy atom. The quantitative estimate of drug-likeness (QED) is 0.0461. The zero-order valence-corrected chi connectivity index (χ0v) is 33.6. The monoisotopic (exact) mass is 918 g/mol. The van der Waals surface area contributed by atoms with Crippen molar-refractivity contribution in [2.24, 2.45) is 0 Å². The first kappa shape index (κ1) is 47.5. The van der Waals surface area contributed by atoms with Gasteiger partial charge in [0, 0.05) is 23.8 Å². The zero-order valence-electron chi connectivity index (χ0n) is 33.6. The van der Waals surface area contributed by atoms with Crippen LogP contribution in [0.4, 0.5) is 0 Å². The van der Waals surface area contributed by atoms with E-state index in [1.54, 1.807) is 0 Å². The van der Waals surface area contributed by atoms with Gasteiger partial charge in [-0.15, -0.1) is 0 Å². The molecule has 4 aromatic rings. The van der Waals surface area contributed by atoms with Crippen LogP contribution in [0.25, 0.3) is 28.4 Å². The van der Waals surface area contributed by atoms with E-state index in [-0.39, 0.29) is 22.8 Å². The van der Waals surface area contributed by atoms with Gasteiger partial charge < -0.3 is 104 Å². The molecule has 0 radical (unpaired) electrons. The molecule has 0 amide bonds. The van der Waals surface area contributed by atoms with Crippen molar-refractivity contribution < 1.29 is 109 Å². The highest BCUT2D eigenvalue weighted by molar-refractivity contribution is 5.89. The van der Waals surface area contributed by atoms with Crippen LogP contribution in [0.2, 0.25) is 0 Å². The number of aliphatic hydroxyl groups excluding tert-OH is 11. The first-order chi connectivity index (χ1) is 31.0. The van der Waals surface area contributed by atoms with Gasteiger partial charge in [0.25, 0.3) is 0 Å². The molecule has 4 heterocycles. The summed E-state index contributed by atoms with van der Waals surface area (Å²) in [5.41, 5.74) is -1.04. The number of aliphatic hydroxyl groups is 11. The Hall–Kier alpha value is -5.48. The van der Waals surface area contributed by atoms with Crippen LogP contribution in [0.15, 0.2) is 76.0 Å². The van der Waals surface area contributed by atoms with Gasteiger partial charge in [-0.25, -0.2) is 4.79 Å². The number of ether oxygens (including phenoxy) is 7. The molecule has 0 bridgehead atoms. The summed E-state index contributed by atoms with van der Waals surface area (Å²) in [4.78, 5) is 27.3. The number of esters is 1. The molecule has 0 saturated carbocycles. The van der Waals surface area contributed by atoms with Gasteiger partial charge in [0.1, 0.15) is 95.0 Å². The second-order valence-corrected chi connectivity index (χ2v) is 15.2. The summed E-state index contributed by atoms with van der Waals surface area (Å²) >= 11 is 0. The van der Waals surface area contributed by atoms with E-state index in [1.807, 2.05) is 0 Å². The Bertz CT molecular complexity index is 2350. The topological polar surface area (TPSA) is 375 Å². The summed E-state index contributed by atoms with van der Waals surface area (Å²) in [6, 6.07) is 12.9. The Kier molecular flexibility index (Phi) is 14.6. The van der Waals surface area contributed by atoms with Gasteiger partial charge in [0.15, 0.2) is 18.0 Å². The average Bonchev–Trinajstić information content (AvgIpc) is 3.29.